The lowest BCUT2D eigenvalue weighted by atomic mass is 9.87. The molecule has 0 aliphatic heterocycles. The van der Waals surface area contributed by atoms with Crippen LogP contribution in [-0.4, -0.2) is 15.1 Å². The van der Waals surface area contributed by atoms with Gasteiger partial charge < -0.3 is 5.11 Å². The first-order valence-electron chi connectivity index (χ1n) is 9.85. The van der Waals surface area contributed by atoms with Gasteiger partial charge in [0.1, 0.15) is 5.15 Å². The van der Waals surface area contributed by atoms with Crippen LogP contribution in [0.3, 0.4) is 0 Å². The lowest BCUT2D eigenvalue weighted by Crippen LogP contribution is -2.13. The molecule has 4 aromatic rings. The molecule has 2 aromatic heterocycles. The van der Waals surface area contributed by atoms with Crippen molar-refractivity contribution in [3.8, 4) is 22.4 Å². The molecule has 0 amide bonds. The maximum Gasteiger partial charge on any atom is 0.134 e. The summed E-state index contributed by atoms with van der Waals surface area (Å²) in [6, 6.07) is 15.2. The van der Waals surface area contributed by atoms with E-state index in [1.54, 1.807) is 6.20 Å². The second kappa shape index (κ2) is 8.40. The summed E-state index contributed by atoms with van der Waals surface area (Å²) < 4.78 is 0. The first-order chi connectivity index (χ1) is 14.7. The number of aliphatic hydroxyl groups is 1. The summed E-state index contributed by atoms with van der Waals surface area (Å²) in [5.41, 5.74) is 5.33. The number of rotatable bonds is 3. The number of aliphatic hydroxyl groups excluding tert-OH is 1. The van der Waals surface area contributed by atoms with Gasteiger partial charge in [-0.2, -0.15) is 0 Å². The van der Waals surface area contributed by atoms with Gasteiger partial charge in [-0.15, -0.1) is 0 Å². The number of hydrogen-bond donors (Lipinski definition) is 1. The van der Waals surface area contributed by atoms with Crippen LogP contribution in [0.5, 0.6) is 0 Å². The molecule has 0 aliphatic rings. The van der Waals surface area contributed by atoms with Crippen molar-refractivity contribution in [3.05, 3.63) is 81.1 Å². The molecule has 0 saturated carbocycles. The number of halogens is 3. The number of benzene rings is 2. The summed E-state index contributed by atoms with van der Waals surface area (Å²) in [7, 11) is 0. The van der Waals surface area contributed by atoms with Crippen LogP contribution in [0.4, 0.5) is 0 Å². The van der Waals surface area contributed by atoms with E-state index in [1.165, 1.54) is 0 Å². The summed E-state index contributed by atoms with van der Waals surface area (Å²) in [5, 5.41) is 12.7. The maximum atomic E-state index is 10.2. The molecule has 0 unspecified atom stereocenters. The van der Waals surface area contributed by atoms with E-state index in [9.17, 15) is 5.11 Å². The molecule has 0 spiro atoms. The zero-order chi connectivity index (χ0) is 22.3. The zero-order valence-corrected chi connectivity index (χ0v) is 19.6. The van der Waals surface area contributed by atoms with E-state index in [4.69, 9.17) is 34.8 Å². The Bertz CT molecular complexity index is 1300. The van der Waals surface area contributed by atoms with Crippen molar-refractivity contribution in [2.45, 2.75) is 32.8 Å². The van der Waals surface area contributed by atoms with E-state index < -0.39 is 0 Å². The summed E-state index contributed by atoms with van der Waals surface area (Å²) in [5.74, 6) is 0. The van der Waals surface area contributed by atoms with Crippen molar-refractivity contribution in [1.82, 2.24) is 9.97 Å². The van der Waals surface area contributed by atoms with Crippen LogP contribution in [0.2, 0.25) is 15.2 Å². The van der Waals surface area contributed by atoms with E-state index in [1.807, 2.05) is 48.5 Å². The first kappa shape index (κ1) is 22.0. The predicted octanol–water partition coefficient (Wildman–Crippen LogP) is 7.71. The number of nitrogens with zero attached hydrogens (tertiary/aromatic N) is 2. The molecule has 3 nitrogen and oxygen atoms in total. The fourth-order valence-electron chi connectivity index (χ4n) is 3.81. The van der Waals surface area contributed by atoms with Gasteiger partial charge in [-0.05, 0) is 46.9 Å². The van der Waals surface area contributed by atoms with E-state index in [0.29, 0.717) is 20.9 Å². The molecule has 2 aromatic carbocycles. The van der Waals surface area contributed by atoms with E-state index >= 15 is 0 Å². The highest BCUT2D eigenvalue weighted by atomic mass is 35.5. The summed E-state index contributed by atoms with van der Waals surface area (Å²) >= 11 is 19.4. The maximum absolute atomic E-state index is 10.2. The minimum absolute atomic E-state index is 0.164. The summed E-state index contributed by atoms with van der Waals surface area (Å²) in [6.45, 7) is 6.01. The highest BCUT2D eigenvalue weighted by Gasteiger charge is 2.24. The van der Waals surface area contributed by atoms with Gasteiger partial charge >= 0.3 is 0 Å². The van der Waals surface area contributed by atoms with Crippen molar-refractivity contribution in [1.29, 1.82) is 0 Å². The largest absolute Gasteiger partial charge is 0.392 e. The molecular formula is C25H21Cl3N2O. The highest BCUT2D eigenvalue weighted by molar-refractivity contribution is 6.39. The second-order valence-electron chi connectivity index (χ2n) is 8.43. The molecular weight excluding hydrogens is 451 g/mol. The standard InChI is InChI=1S/C25H21Cl3N2O/c1-25(2,3)21-22(27)18-12-14(7-8-20(18)30-24(21)28)17-9-10-29-23(19(17)13-31)15-5-4-6-16(26)11-15/h4-12,31H,13H2,1-3H3. The Morgan fingerprint density at radius 2 is 1.71 bits per heavy atom. The zero-order valence-electron chi connectivity index (χ0n) is 17.4. The van der Waals surface area contributed by atoms with Crippen molar-refractivity contribution in [2.75, 3.05) is 0 Å². The van der Waals surface area contributed by atoms with Gasteiger partial charge in [0.2, 0.25) is 0 Å². The van der Waals surface area contributed by atoms with Crippen LogP contribution >= 0.6 is 34.8 Å². The lowest BCUT2D eigenvalue weighted by Gasteiger charge is -2.23. The van der Waals surface area contributed by atoms with Crippen LogP contribution < -0.4 is 0 Å². The fraction of sp³-hybridized carbons (Fsp3) is 0.200. The molecule has 158 valence electrons. The third-order valence-electron chi connectivity index (χ3n) is 5.25. The van der Waals surface area contributed by atoms with E-state index in [-0.39, 0.29) is 12.0 Å². The van der Waals surface area contributed by atoms with Crippen molar-refractivity contribution < 1.29 is 5.11 Å². The molecule has 0 radical (unpaired) electrons. The van der Waals surface area contributed by atoms with Gasteiger partial charge in [-0.1, -0.05) is 73.8 Å². The minimum atomic E-state index is -0.252. The van der Waals surface area contributed by atoms with Crippen LogP contribution in [0.15, 0.2) is 54.7 Å². The van der Waals surface area contributed by atoms with E-state index in [2.05, 4.69) is 30.7 Å². The van der Waals surface area contributed by atoms with Crippen LogP contribution in [0.1, 0.15) is 31.9 Å². The minimum Gasteiger partial charge on any atom is -0.392 e. The molecule has 31 heavy (non-hydrogen) atoms. The molecule has 0 atom stereocenters. The van der Waals surface area contributed by atoms with Gasteiger partial charge in [0.25, 0.3) is 0 Å². The second-order valence-corrected chi connectivity index (χ2v) is 9.60. The van der Waals surface area contributed by atoms with Gasteiger partial charge in [-0.25, -0.2) is 4.98 Å². The number of aromatic nitrogens is 2. The molecule has 0 aliphatic carbocycles. The number of hydrogen-bond acceptors (Lipinski definition) is 3. The molecule has 0 bridgehead atoms. The summed E-state index contributed by atoms with van der Waals surface area (Å²) in [4.78, 5) is 9.07. The van der Waals surface area contributed by atoms with Gasteiger partial charge in [0.05, 0.1) is 22.8 Å². The molecule has 0 fully saturated rings. The van der Waals surface area contributed by atoms with Crippen LogP contribution in [0.25, 0.3) is 33.3 Å². The monoisotopic (exact) mass is 470 g/mol. The van der Waals surface area contributed by atoms with Crippen LogP contribution in [-0.2, 0) is 12.0 Å². The quantitative estimate of drug-likeness (QED) is 0.311. The number of fused-ring (bicyclic) bond motifs is 1. The highest BCUT2D eigenvalue weighted by Crippen LogP contribution is 2.40. The Morgan fingerprint density at radius 3 is 2.39 bits per heavy atom. The van der Waals surface area contributed by atoms with Gasteiger partial charge in [-0.3, -0.25) is 4.98 Å². The van der Waals surface area contributed by atoms with Crippen LogP contribution in [0, 0.1) is 0 Å². The Morgan fingerprint density at radius 1 is 0.935 bits per heavy atom. The topological polar surface area (TPSA) is 46.0 Å². The fourth-order valence-corrected chi connectivity index (χ4v) is 5.04. The Hall–Kier alpha value is -2.17. The van der Waals surface area contributed by atoms with Crippen molar-refractivity contribution >= 4 is 45.7 Å². The average molecular weight is 472 g/mol. The van der Waals surface area contributed by atoms with Crippen molar-refractivity contribution in [2.24, 2.45) is 0 Å². The average Bonchev–Trinajstić information content (AvgIpc) is 2.72. The first-order valence-corrected chi connectivity index (χ1v) is 11.0. The molecule has 6 heteroatoms. The smallest absolute Gasteiger partial charge is 0.134 e. The molecule has 1 N–H and O–H groups in total. The SMILES string of the molecule is CC(C)(C)c1c(Cl)nc2ccc(-c3ccnc(-c4cccc(Cl)c4)c3CO)cc2c1Cl. The number of pyridine rings is 2. The predicted molar refractivity (Wildman–Crippen MR) is 130 cm³/mol. The Balaban J connectivity index is 1.94. The normalized spacial score (nSPS) is 11.8. The Labute approximate surface area is 196 Å². The third kappa shape index (κ3) is 4.16. The summed E-state index contributed by atoms with van der Waals surface area (Å²) in [6.07, 6.45) is 1.73. The van der Waals surface area contributed by atoms with Gasteiger partial charge in [0.15, 0.2) is 0 Å². The molecule has 4 rings (SSSR count). The Kier molecular flexibility index (Phi) is 5.97. The molecule has 2 heterocycles. The van der Waals surface area contributed by atoms with Gasteiger partial charge in [0, 0.05) is 33.3 Å². The third-order valence-corrected chi connectivity index (χ3v) is 6.15. The molecule has 0 saturated heterocycles. The van der Waals surface area contributed by atoms with E-state index in [0.717, 1.165) is 38.7 Å². The van der Waals surface area contributed by atoms with Crippen molar-refractivity contribution in [3.63, 3.8) is 0 Å². The lowest BCUT2D eigenvalue weighted by molar-refractivity contribution is 0.282.